The highest BCUT2D eigenvalue weighted by atomic mass is 32.2. The second kappa shape index (κ2) is 9.43. The summed E-state index contributed by atoms with van der Waals surface area (Å²) in [5.74, 6) is 0.0976. The quantitative estimate of drug-likeness (QED) is 0.464. The van der Waals surface area contributed by atoms with Crippen molar-refractivity contribution in [3.63, 3.8) is 0 Å². The molecule has 3 N–H and O–H groups in total. The molecular weight excluding hydrogens is 509 g/mol. The first-order chi connectivity index (χ1) is 17.5. The minimum Gasteiger partial charge on any atom is -0.390 e. The molecule has 37 heavy (non-hydrogen) atoms. The molecule has 2 aromatic carbocycles. The SMILES string of the molecule is O=C1Cc2ccc(-c3ccc(S(=O)(=O)N4CC[C@@H](Nc5ccc(C(F)(F)F)cn5)[C@@H](O)C4)cc3)cc2N1. The van der Waals surface area contributed by atoms with E-state index in [0.29, 0.717) is 12.6 Å². The van der Waals surface area contributed by atoms with Crippen molar-refractivity contribution < 1.29 is 31.5 Å². The molecule has 1 fully saturated rings. The number of nitrogens with one attached hydrogen (secondary N) is 2. The molecule has 2 atom stereocenters. The maximum absolute atomic E-state index is 13.2. The van der Waals surface area contributed by atoms with E-state index < -0.39 is 33.9 Å². The Balaban J connectivity index is 1.24. The highest BCUT2D eigenvalue weighted by molar-refractivity contribution is 7.89. The van der Waals surface area contributed by atoms with Gasteiger partial charge in [0.25, 0.3) is 0 Å². The van der Waals surface area contributed by atoms with E-state index >= 15 is 0 Å². The number of carbonyl (C=O) groups is 1. The first kappa shape index (κ1) is 25.2. The summed E-state index contributed by atoms with van der Waals surface area (Å²) in [6.45, 7) is -0.0587. The predicted molar refractivity (Wildman–Crippen MR) is 130 cm³/mol. The molecule has 3 heterocycles. The number of amides is 1. The van der Waals surface area contributed by atoms with Gasteiger partial charge in [0.2, 0.25) is 15.9 Å². The largest absolute Gasteiger partial charge is 0.417 e. The molecule has 8 nitrogen and oxygen atoms in total. The molecule has 2 aliphatic rings. The Morgan fingerprint density at radius 3 is 2.43 bits per heavy atom. The minimum absolute atomic E-state index is 0.0645. The zero-order chi connectivity index (χ0) is 26.4. The average Bonchev–Trinajstić information content (AvgIpc) is 3.24. The van der Waals surface area contributed by atoms with Crippen LogP contribution in [0.15, 0.2) is 65.7 Å². The van der Waals surface area contributed by atoms with Crippen LogP contribution in [0.25, 0.3) is 11.1 Å². The van der Waals surface area contributed by atoms with Gasteiger partial charge in [0.1, 0.15) is 5.82 Å². The fraction of sp³-hybridized carbons (Fsp3) is 0.280. The van der Waals surface area contributed by atoms with Crippen LogP contribution < -0.4 is 10.6 Å². The van der Waals surface area contributed by atoms with Crippen LogP contribution in [0.1, 0.15) is 17.5 Å². The molecule has 1 amide bonds. The summed E-state index contributed by atoms with van der Waals surface area (Å²) in [4.78, 5) is 15.4. The van der Waals surface area contributed by atoms with Gasteiger partial charge in [0, 0.05) is 25.0 Å². The highest BCUT2D eigenvalue weighted by Crippen LogP contribution is 2.31. The standard InChI is InChI=1S/C25H23F3N4O4S/c26-25(27,28)18-5-8-23(29-13-18)30-20-9-10-32(14-22(20)33)37(35,36)19-6-3-15(4-7-19)16-1-2-17-12-24(34)31-21(17)11-16/h1-8,11,13,20,22,33H,9-10,12,14H2,(H,29,30)(H,31,34)/t20-,22+/m1/s1. The van der Waals surface area contributed by atoms with Gasteiger partial charge in [-0.3, -0.25) is 4.79 Å². The van der Waals surface area contributed by atoms with E-state index in [1.54, 1.807) is 12.1 Å². The van der Waals surface area contributed by atoms with Gasteiger partial charge in [0.05, 0.1) is 29.0 Å². The van der Waals surface area contributed by atoms with Gasteiger partial charge in [-0.15, -0.1) is 0 Å². The van der Waals surface area contributed by atoms with E-state index in [9.17, 15) is 31.5 Å². The lowest BCUT2D eigenvalue weighted by molar-refractivity contribution is -0.137. The summed E-state index contributed by atoms with van der Waals surface area (Å²) in [7, 11) is -3.88. The number of β-amino-alcohol motifs (C(OH)–C–C–N with tert-alkyl or cyclic N) is 1. The maximum Gasteiger partial charge on any atom is 0.417 e. The zero-order valence-electron chi connectivity index (χ0n) is 19.4. The smallest absolute Gasteiger partial charge is 0.390 e. The second-order valence-electron chi connectivity index (χ2n) is 9.02. The van der Waals surface area contributed by atoms with Gasteiger partial charge in [-0.2, -0.15) is 17.5 Å². The van der Waals surface area contributed by atoms with Crippen molar-refractivity contribution in [1.29, 1.82) is 0 Å². The number of sulfonamides is 1. The fourth-order valence-electron chi connectivity index (χ4n) is 4.49. The van der Waals surface area contributed by atoms with Crippen molar-refractivity contribution in [2.75, 3.05) is 23.7 Å². The summed E-state index contributed by atoms with van der Waals surface area (Å²) in [5.41, 5.74) is 2.40. The van der Waals surface area contributed by atoms with Gasteiger partial charge >= 0.3 is 6.18 Å². The lowest BCUT2D eigenvalue weighted by Crippen LogP contribution is -2.51. The third kappa shape index (κ3) is 5.17. The number of hydrogen-bond acceptors (Lipinski definition) is 6. The van der Waals surface area contributed by atoms with Crippen LogP contribution in [-0.2, 0) is 27.4 Å². The number of nitrogens with zero attached hydrogens (tertiary/aromatic N) is 2. The van der Waals surface area contributed by atoms with Gasteiger partial charge in [0.15, 0.2) is 0 Å². The number of benzene rings is 2. The van der Waals surface area contributed by atoms with Crippen molar-refractivity contribution in [2.24, 2.45) is 0 Å². The molecule has 5 rings (SSSR count). The molecule has 3 aromatic rings. The Bertz CT molecular complexity index is 1430. The first-order valence-corrected chi connectivity index (χ1v) is 13.0. The maximum atomic E-state index is 13.2. The topological polar surface area (TPSA) is 112 Å². The van der Waals surface area contributed by atoms with E-state index in [1.807, 2.05) is 18.2 Å². The Labute approximate surface area is 211 Å². The normalized spacial score (nSPS) is 20.4. The molecule has 194 valence electrons. The predicted octanol–water partition coefficient (Wildman–Crippen LogP) is 3.50. The summed E-state index contributed by atoms with van der Waals surface area (Å²) in [5, 5.41) is 16.3. The lowest BCUT2D eigenvalue weighted by atomic mass is 10.0. The summed E-state index contributed by atoms with van der Waals surface area (Å²) < 4.78 is 65.8. The average molecular weight is 533 g/mol. The van der Waals surface area contributed by atoms with Gasteiger partial charge in [-0.05, 0) is 53.4 Å². The minimum atomic E-state index is -4.50. The van der Waals surface area contributed by atoms with Crippen molar-refractivity contribution in [1.82, 2.24) is 9.29 Å². The lowest BCUT2D eigenvalue weighted by Gasteiger charge is -2.35. The molecule has 0 bridgehead atoms. The van der Waals surface area contributed by atoms with Crippen LogP contribution in [0.2, 0.25) is 0 Å². The Hall–Kier alpha value is -3.48. The van der Waals surface area contributed by atoms with Crippen LogP contribution in [0.3, 0.4) is 0 Å². The van der Waals surface area contributed by atoms with E-state index in [2.05, 4.69) is 15.6 Å². The summed E-state index contributed by atoms with van der Waals surface area (Å²) in [6, 6.07) is 13.5. The van der Waals surface area contributed by atoms with Crippen LogP contribution in [0.4, 0.5) is 24.7 Å². The number of piperidine rings is 1. The molecule has 0 radical (unpaired) electrons. The van der Waals surface area contributed by atoms with Crippen molar-refractivity contribution in [3.8, 4) is 11.1 Å². The molecule has 2 aliphatic heterocycles. The van der Waals surface area contributed by atoms with E-state index in [4.69, 9.17) is 0 Å². The van der Waals surface area contributed by atoms with Crippen LogP contribution >= 0.6 is 0 Å². The third-order valence-electron chi connectivity index (χ3n) is 6.53. The molecule has 1 aromatic heterocycles. The third-order valence-corrected chi connectivity index (χ3v) is 8.41. The van der Waals surface area contributed by atoms with Gasteiger partial charge in [-0.1, -0.05) is 24.3 Å². The number of alkyl halides is 3. The van der Waals surface area contributed by atoms with Crippen molar-refractivity contribution >= 4 is 27.4 Å². The number of halogens is 3. The van der Waals surface area contributed by atoms with Crippen molar-refractivity contribution in [2.45, 2.75) is 36.1 Å². The molecular formula is C25H23F3N4O4S. The van der Waals surface area contributed by atoms with E-state index in [0.717, 1.165) is 28.4 Å². The monoisotopic (exact) mass is 532 g/mol. The molecule has 1 saturated heterocycles. The van der Waals surface area contributed by atoms with Crippen LogP contribution in [0.5, 0.6) is 0 Å². The highest BCUT2D eigenvalue weighted by Gasteiger charge is 2.35. The molecule has 12 heteroatoms. The number of anilines is 2. The number of aliphatic hydroxyl groups is 1. The van der Waals surface area contributed by atoms with Crippen LogP contribution in [0, 0.1) is 0 Å². The first-order valence-electron chi connectivity index (χ1n) is 11.5. The molecule has 0 aliphatic carbocycles. The number of carbonyl (C=O) groups excluding carboxylic acids is 1. The van der Waals surface area contributed by atoms with Gasteiger partial charge < -0.3 is 15.7 Å². The Kier molecular flexibility index (Phi) is 6.42. The van der Waals surface area contributed by atoms with Gasteiger partial charge in [-0.25, -0.2) is 13.4 Å². The molecule has 0 saturated carbocycles. The number of pyridine rings is 1. The fourth-order valence-corrected chi connectivity index (χ4v) is 5.96. The number of hydrogen-bond donors (Lipinski definition) is 3. The summed E-state index contributed by atoms with van der Waals surface area (Å²) in [6.07, 6.45) is -4.31. The number of fused-ring (bicyclic) bond motifs is 1. The molecule has 0 spiro atoms. The van der Waals surface area contributed by atoms with E-state index in [1.165, 1.54) is 22.5 Å². The van der Waals surface area contributed by atoms with Crippen LogP contribution in [-0.4, -0.2) is 54.0 Å². The summed E-state index contributed by atoms with van der Waals surface area (Å²) >= 11 is 0. The Morgan fingerprint density at radius 2 is 1.78 bits per heavy atom. The Morgan fingerprint density at radius 1 is 1.05 bits per heavy atom. The number of rotatable bonds is 5. The second-order valence-corrected chi connectivity index (χ2v) is 11.0. The van der Waals surface area contributed by atoms with Crippen molar-refractivity contribution in [3.05, 3.63) is 71.9 Å². The number of aromatic nitrogens is 1. The van der Waals surface area contributed by atoms with E-state index in [-0.39, 0.29) is 36.1 Å². The zero-order valence-corrected chi connectivity index (χ0v) is 20.2. The molecule has 0 unspecified atom stereocenters. The number of aliphatic hydroxyl groups excluding tert-OH is 1.